The molecular formula is C13H10F2. The molecule has 0 saturated heterocycles. The van der Waals surface area contributed by atoms with Gasteiger partial charge in [0, 0.05) is 5.56 Å². The molecule has 0 amide bonds. The Morgan fingerprint density at radius 3 is 2.40 bits per heavy atom. The molecule has 2 aromatic rings. The molecule has 76 valence electrons. The lowest BCUT2D eigenvalue weighted by Gasteiger charge is -2.04. The van der Waals surface area contributed by atoms with Gasteiger partial charge in [-0.3, -0.25) is 0 Å². The Balaban J connectivity index is 2.54. The van der Waals surface area contributed by atoms with E-state index in [1.807, 2.05) is 13.0 Å². The average molecular weight is 204 g/mol. The summed E-state index contributed by atoms with van der Waals surface area (Å²) in [5.74, 6) is -0.673. The van der Waals surface area contributed by atoms with Gasteiger partial charge in [-0.2, -0.15) is 0 Å². The lowest BCUT2D eigenvalue weighted by atomic mass is 10.0. The van der Waals surface area contributed by atoms with Gasteiger partial charge in [-0.05, 0) is 36.2 Å². The van der Waals surface area contributed by atoms with Crippen LogP contribution in [0.3, 0.4) is 0 Å². The molecule has 0 atom stereocenters. The normalized spacial score (nSPS) is 10.3. The number of rotatable bonds is 1. The summed E-state index contributed by atoms with van der Waals surface area (Å²) >= 11 is 0. The molecule has 0 aliphatic heterocycles. The zero-order valence-corrected chi connectivity index (χ0v) is 8.30. The second-order valence-electron chi connectivity index (χ2n) is 3.49. The Morgan fingerprint density at radius 1 is 0.933 bits per heavy atom. The highest BCUT2D eigenvalue weighted by Crippen LogP contribution is 2.23. The van der Waals surface area contributed by atoms with Crippen molar-refractivity contribution >= 4 is 0 Å². The second kappa shape index (κ2) is 3.81. The summed E-state index contributed by atoms with van der Waals surface area (Å²) in [4.78, 5) is 0. The molecule has 2 heteroatoms. The molecule has 0 fully saturated rings. The molecule has 15 heavy (non-hydrogen) atoms. The van der Waals surface area contributed by atoms with Crippen LogP contribution in [0.5, 0.6) is 0 Å². The van der Waals surface area contributed by atoms with Crippen molar-refractivity contribution in [3.8, 4) is 11.1 Å². The van der Waals surface area contributed by atoms with Gasteiger partial charge >= 0.3 is 0 Å². The Bertz CT molecular complexity index is 490. The highest BCUT2D eigenvalue weighted by molar-refractivity contribution is 5.64. The van der Waals surface area contributed by atoms with E-state index in [1.165, 1.54) is 18.2 Å². The van der Waals surface area contributed by atoms with E-state index in [4.69, 9.17) is 0 Å². The highest BCUT2D eigenvalue weighted by Gasteiger charge is 2.05. The van der Waals surface area contributed by atoms with Crippen LogP contribution in [-0.4, -0.2) is 0 Å². The maximum absolute atomic E-state index is 13.5. The van der Waals surface area contributed by atoms with Crippen molar-refractivity contribution in [1.82, 2.24) is 0 Å². The van der Waals surface area contributed by atoms with Gasteiger partial charge in [0.1, 0.15) is 11.6 Å². The molecule has 0 aliphatic carbocycles. The average Bonchev–Trinajstić information content (AvgIpc) is 2.17. The van der Waals surface area contributed by atoms with Gasteiger partial charge in [0.25, 0.3) is 0 Å². The summed E-state index contributed by atoms with van der Waals surface area (Å²) in [6.45, 7) is 1.82. The summed E-state index contributed by atoms with van der Waals surface area (Å²) in [7, 11) is 0. The third-order valence-corrected chi connectivity index (χ3v) is 2.26. The quantitative estimate of drug-likeness (QED) is 0.660. The van der Waals surface area contributed by atoms with Gasteiger partial charge in [-0.1, -0.05) is 24.3 Å². The lowest BCUT2D eigenvalue weighted by molar-refractivity contribution is 0.624. The van der Waals surface area contributed by atoms with Crippen molar-refractivity contribution in [3.05, 3.63) is 59.7 Å². The molecule has 0 radical (unpaired) electrons. The lowest BCUT2D eigenvalue weighted by Crippen LogP contribution is -1.86. The third kappa shape index (κ3) is 2.04. The maximum atomic E-state index is 13.5. The van der Waals surface area contributed by atoms with Crippen molar-refractivity contribution in [1.29, 1.82) is 0 Å². The molecule has 0 aromatic heterocycles. The smallest absolute Gasteiger partial charge is 0.131 e. The number of halogens is 2. The third-order valence-electron chi connectivity index (χ3n) is 2.26. The Hall–Kier alpha value is -1.70. The molecule has 2 aromatic carbocycles. The van der Waals surface area contributed by atoms with Gasteiger partial charge in [-0.25, -0.2) is 8.78 Å². The summed E-state index contributed by atoms with van der Waals surface area (Å²) in [5, 5.41) is 0. The zero-order chi connectivity index (χ0) is 10.8. The van der Waals surface area contributed by atoms with Gasteiger partial charge in [0.15, 0.2) is 0 Å². The van der Waals surface area contributed by atoms with Crippen molar-refractivity contribution in [2.75, 3.05) is 0 Å². The predicted octanol–water partition coefficient (Wildman–Crippen LogP) is 3.94. The van der Waals surface area contributed by atoms with Crippen LogP contribution in [0.1, 0.15) is 5.56 Å². The fourth-order valence-electron chi connectivity index (χ4n) is 1.51. The van der Waals surface area contributed by atoms with Crippen LogP contribution < -0.4 is 0 Å². The maximum Gasteiger partial charge on any atom is 0.131 e. The first-order valence-electron chi connectivity index (χ1n) is 4.69. The molecule has 0 unspecified atom stereocenters. The largest absolute Gasteiger partial charge is 0.207 e. The molecule has 0 nitrogen and oxygen atoms in total. The standard InChI is InChI=1S/C13H10F2/c1-9-5-6-12(13(15)7-9)10-3-2-4-11(14)8-10/h2-8H,1H3. The highest BCUT2D eigenvalue weighted by atomic mass is 19.1. The van der Waals surface area contributed by atoms with Crippen LogP contribution in [0.15, 0.2) is 42.5 Å². The van der Waals surface area contributed by atoms with Gasteiger partial charge in [0.05, 0.1) is 0 Å². The topological polar surface area (TPSA) is 0 Å². The summed E-state index contributed by atoms with van der Waals surface area (Å²) < 4.78 is 26.5. The van der Waals surface area contributed by atoms with Crippen LogP contribution >= 0.6 is 0 Å². The number of benzene rings is 2. The molecule has 0 saturated carbocycles. The van der Waals surface area contributed by atoms with Crippen LogP contribution in [0, 0.1) is 18.6 Å². The summed E-state index contributed by atoms with van der Waals surface area (Å²) in [6, 6.07) is 10.9. The van der Waals surface area contributed by atoms with E-state index < -0.39 is 0 Å². The summed E-state index contributed by atoms with van der Waals surface area (Å²) in [6.07, 6.45) is 0. The van der Waals surface area contributed by atoms with Crippen LogP contribution in [-0.2, 0) is 0 Å². The minimum Gasteiger partial charge on any atom is -0.207 e. The van der Waals surface area contributed by atoms with Gasteiger partial charge in [0.2, 0.25) is 0 Å². The van der Waals surface area contributed by atoms with Crippen LogP contribution in [0.2, 0.25) is 0 Å². The minimum absolute atomic E-state index is 0.319. The van der Waals surface area contributed by atoms with E-state index in [0.717, 1.165) is 5.56 Å². The van der Waals surface area contributed by atoms with E-state index in [0.29, 0.717) is 11.1 Å². The number of hydrogen-bond donors (Lipinski definition) is 0. The Morgan fingerprint density at radius 2 is 1.73 bits per heavy atom. The first kappa shape index (κ1) is 9.84. The van der Waals surface area contributed by atoms with E-state index >= 15 is 0 Å². The Kier molecular flexibility index (Phi) is 2.50. The zero-order valence-electron chi connectivity index (χ0n) is 8.30. The van der Waals surface area contributed by atoms with E-state index in [9.17, 15) is 8.78 Å². The number of aryl methyl sites for hydroxylation is 1. The van der Waals surface area contributed by atoms with E-state index in [1.54, 1.807) is 18.2 Å². The van der Waals surface area contributed by atoms with E-state index in [-0.39, 0.29) is 11.6 Å². The number of hydrogen-bond acceptors (Lipinski definition) is 0. The van der Waals surface area contributed by atoms with E-state index in [2.05, 4.69) is 0 Å². The molecular weight excluding hydrogens is 194 g/mol. The van der Waals surface area contributed by atoms with Crippen molar-refractivity contribution < 1.29 is 8.78 Å². The first-order chi connectivity index (χ1) is 7.16. The molecule has 0 N–H and O–H groups in total. The molecule has 2 rings (SSSR count). The molecule has 0 aliphatic rings. The van der Waals surface area contributed by atoms with Gasteiger partial charge in [-0.15, -0.1) is 0 Å². The molecule has 0 heterocycles. The second-order valence-corrected chi connectivity index (χ2v) is 3.49. The SMILES string of the molecule is Cc1ccc(-c2cccc(F)c2)c(F)c1. The van der Waals surface area contributed by atoms with Gasteiger partial charge < -0.3 is 0 Å². The fourth-order valence-corrected chi connectivity index (χ4v) is 1.51. The van der Waals surface area contributed by atoms with Crippen molar-refractivity contribution in [3.63, 3.8) is 0 Å². The molecule has 0 bridgehead atoms. The molecule has 0 spiro atoms. The van der Waals surface area contributed by atoms with Crippen LogP contribution in [0.25, 0.3) is 11.1 Å². The summed E-state index contributed by atoms with van der Waals surface area (Å²) in [5.41, 5.74) is 1.85. The fraction of sp³-hybridized carbons (Fsp3) is 0.0769. The monoisotopic (exact) mass is 204 g/mol. The Labute approximate surface area is 87.2 Å². The predicted molar refractivity (Wildman–Crippen MR) is 56.5 cm³/mol. The van der Waals surface area contributed by atoms with Crippen molar-refractivity contribution in [2.24, 2.45) is 0 Å². The first-order valence-corrected chi connectivity index (χ1v) is 4.69. The van der Waals surface area contributed by atoms with Crippen molar-refractivity contribution in [2.45, 2.75) is 6.92 Å². The van der Waals surface area contributed by atoms with Crippen LogP contribution in [0.4, 0.5) is 8.78 Å². The minimum atomic E-state index is -0.354.